The third-order valence-corrected chi connectivity index (χ3v) is 2.28. The molecule has 0 aromatic heterocycles. The van der Waals surface area contributed by atoms with Gasteiger partial charge in [-0.2, -0.15) is 12.6 Å². The van der Waals surface area contributed by atoms with E-state index in [4.69, 9.17) is 10.5 Å². The van der Waals surface area contributed by atoms with Crippen LogP contribution < -0.4 is 15.8 Å². The van der Waals surface area contributed by atoms with E-state index < -0.39 is 6.04 Å². The van der Waals surface area contributed by atoms with Crippen LogP contribution in [0.3, 0.4) is 0 Å². The Morgan fingerprint density at radius 2 is 2.13 bits per heavy atom. The van der Waals surface area contributed by atoms with Gasteiger partial charge in [-0.15, -0.1) is 0 Å². The minimum atomic E-state index is -0.588. The predicted octanol–water partition coefficient (Wildman–Crippen LogP) is 0.891. The first-order valence-corrected chi connectivity index (χ1v) is 5.12. The summed E-state index contributed by atoms with van der Waals surface area (Å²) in [5.74, 6) is 0.823. The molecule has 0 saturated carbocycles. The van der Waals surface area contributed by atoms with Gasteiger partial charge >= 0.3 is 0 Å². The summed E-state index contributed by atoms with van der Waals surface area (Å²) in [5, 5.41) is 2.68. The molecule has 1 atom stereocenters. The van der Waals surface area contributed by atoms with Crippen LogP contribution in [-0.4, -0.2) is 24.8 Å². The number of hydrogen-bond donors (Lipinski definition) is 3. The van der Waals surface area contributed by atoms with Crippen LogP contribution >= 0.6 is 12.6 Å². The topological polar surface area (TPSA) is 64.3 Å². The first-order valence-electron chi connectivity index (χ1n) is 4.48. The molecule has 0 aliphatic rings. The van der Waals surface area contributed by atoms with Gasteiger partial charge in [0.25, 0.3) is 0 Å². The fraction of sp³-hybridized carbons (Fsp3) is 0.300. The molecule has 15 heavy (non-hydrogen) atoms. The zero-order chi connectivity index (χ0) is 11.3. The lowest BCUT2D eigenvalue weighted by atomic mass is 10.2. The minimum absolute atomic E-state index is 0.241. The molecule has 1 amide bonds. The molecule has 1 aromatic carbocycles. The van der Waals surface area contributed by atoms with Crippen LogP contribution in [0.1, 0.15) is 0 Å². The predicted molar refractivity (Wildman–Crippen MR) is 63.5 cm³/mol. The van der Waals surface area contributed by atoms with Crippen molar-refractivity contribution in [3.05, 3.63) is 24.3 Å². The van der Waals surface area contributed by atoms with Gasteiger partial charge in [0, 0.05) is 11.4 Å². The van der Waals surface area contributed by atoms with Gasteiger partial charge < -0.3 is 15.8 Å². The second-order valence-electron chi connectivity index (χ2n) is 3.01. The van der Waals surface area contributed by atoms with Crippen molar-refractivity contribution in [2.45, 2.75) is 6.04 Å². The fourth-order valence-electron chi connectivity index (χ4n) is 0.992. The SMILES string of the molecule is COc1ccc(NC(=O)C(N)CS)cc1. The zero-order valence-electron chi connectivity index (χ0n) is 8.43. The Balaban J connectivity index is 2.61. The lowest BCUT2D eigenvalue weighted by molar-refractivity contribution is -0.116. The maximum atomic E-state index is 11.4. The molecule has 82 valence electrons. The molecule has 0 heterocycles. The highest BCUT2D eigenvalue weighted by Gasteiger charge is 2.10. The van der Waals surface area contributed by atoms with Gasteiger partial charge in [0.05, 0.1) is 13.2 Å². The molecule has 0 bridgehead atoms. The van der Waals surface area contributed by atoms with Crippen LogP contribution in [0.25, 0.3) is 0 Å². The van der Waals surface area contributed by atoms with E-state index in [2.05, 4.69) is 17.9 Å². The average molecular weight is 226 g/mol. The molecule has 1 unspecified atom stereocenters. The number of methoxy groups -OCH3 is 1. The number of benzene rings is 1. The monoisotopic (exact) mass is 226 g/mol. The summed E-state index contributed by atoms with van der Waals surface area (Å²) in [7, 11) is 1.59. The van der Waals surface area contributed by atoms with E-state index in [1.54, 1.807) is 31.4 Å². The van der Waals surface area contributed by atoms with Crippen LogP contribution in [0.4, 0.5) is 5.69 Å². The molecule has 4 nitrogen and oxygen atoms in total. The largest absolute Gasteiger partial charge is 0.497 e. The summed E-state index contributed by atoms with van der Waals surface area (Å²) >= 11 is 3.95. The number of amides is 1. The molecule has 1 aromatic rings. The van der Waals surface area contributed by atoms with Crippen molar-refractivity contribution in [1.29, 1.82) is 0 Å². The molecule has 5 heteroatoms. The number of carbonyl (C=O) groups excluding carboxylic acids is 1. The van der Waals surface area contributed by atoms with Crippen molar-refractivity contribution in [3.63, 3.8) is 0 Å². The summed E-state index contributed by atoms with van der Waals surface area (Å²) in [6.07, 6.45) is 0. The van der Waals surface area contributed by atoms with E-state index in [1.165, 1.54) is 0 Å². The molecule has 0 aliphatic carbocycles. The first kappa shape index (κ1) is 11.9. The van der Waals surface area contributed by atoms with Crippen LogP contribution in [0.15, 0.2) is 24.3 Å². The third kappa shape index (κ3) is 3.45. The van der Waals surface area contributed by atoms with E-state index in [0.717, 1.165) is 5.75 Å². The van der Waals surface area contributed by atoms with E-state index >= 15 is 0 Å². The van der Waals surface area contributed by atoms with Crippen molar-refractivity contribution in [2.24, 2.45) is 5.73 Å². The van der Waals surface area contributed by atoms with Gasteiger partial charge in [-0.25, -0.2) is 0 Å². The number of hydrogen-bond acceptors (Lipinski definition) is 4. The van der Waals surface area contributed by atoms with E-state index in [9.17, 15) is 4.79 Å². The third-order valence-electron chi connectivity index (χ3n) is 1.89. The number of nitrogens with two attached hydrogens (primary N) is 1. The number of anilines is 1. The minimum Gasteiger partial charge on any atom is -0.497 e. The molecular weight excluding hydrogens is 212 g/mol. The van der Waals surface area contributed by atoms with Gasteiger partial charge in [0.1, 0.15) is 5.75 Å². The molecule has 0 radical (unpaired) electrons. The Kier molecular flexibility index (Phi) is 4.45. The highest BCUT2D eigenvalue weighted by Crippen LogP contribution is 2.14. The lowest BCUT2D eigenvalue weighted by Gasteiger charge is -2.09. The van der Waals surface area contributed by atoms with Crippen LogP contribution in [0.2, 0.25) is 0 Å². The molecular formula is C10H14N2O2S. The first-order chi connectivity index (χ1) is 7.17. The van der Waals surface area contributed by atoms with E-state index in [0.29, 0.717) is 11.4 Å². The van der Waals surface area contributed by atoms with Crippen molar-refractivity contribution < 1.29 is 9.53 Å². The smallest absolute Gasteiger partial charge is 0.242 e. The maximum Gasteiger partial charge on any atom is 0.242 e. The summed E-state index contributed by atoms with van der Waals surface area (Å²) in [4.78, 5) is 11.4. The van der Waals surface area contributed by atoms with Gasteiger partial charge in [-0.1, -0.05) is 0 Å². The van der Waals surface area contributed by atoms with Gasteiger partial charge in [-0.05, 0) is 24.3 Å². The average Bonchev–Trinajstić information content (AvgIpc) is 2.29. The van der Waals surface area contributed by atoms with Crippen LogP contribution in [0, 0.1) is 0 Å². The summed E-state index contributed by atoms with van der Waals surface area (Å²) in [6, 6.07) is 6.45. The Morgan fingerprint density at radius 3 is 2.60 bits per heavy atom. The van der Waals surface area contributed by atoms with Crippen molar-refractivity contribution in [2.75, 3.05) is 18.2 Å². The standard InChI is InChI=1S/C10H14N2O2S/c1-14-8-4-2-7(3-5-8)12-10(13)9(11)6-15/h2-5,9,15H,6,11H2,1H3,(H,12,13). The Hall–Kier alpha value is -1.20. The molecule has 0 aliphatic heterocycles. The molecule has 0 saturated heterocycles. The highest BCUT2D eigenvalue weighted by molar-refractivity contribution is 7.80. The van der Waals surface area contributed by atoms with Crippen molar-refractivity contribution >= 4 is 24.2 Å². The maximum absolute atomic E-state index is 11.4. The van der Waals surface area contributed by atoms with Crippen LogP contribution in [-0.2, 0) is 4.79 Å². The van der Waals surface area contributed by atoms with Crippen LogP contribution in [0.5, 0.6) is 5.75 Å². The van der Waals surface area contributed by atoms with Gasteiger partial charge in [-0.3, -0.25) is 4.79 Å². The molecule has 3 N–H and O–H groups in total. The Bertz CT molecular complexity index is 327. The highest BCUT2D eigenvalue weighted by atomic mass is 32.1. The van der Waals surface area contributed by atoms with E-state index in [1.807, 2.05) is 0 Å². The summed E-state index contributed by atoms with van der Waals surface area (Å²) < 4.78 is 4.99. The molecule has 0 fully saturated rings. The Labute approximate surface area is 94.2 Å². The van der Waals surface area contributed by atoms with Crippen molar-refractivity contribution in [1.82, 2.24) is 0 Å². The van der Waals surface area contributed by atoms with Crippen molar-refractivity contribution in [3.8, 4) is 5.75 Å². The van der Waals surface area contributed by atoms with Gasteiger partial charge in [0.15, 0.2) is 0 Å². The Morgan fingerprint density at radius 1 is 1.53 bits per heavy atom. The summed E-state index contributed by atoms with van der Waals surface area (Å²) in [6.45, 7) is 0. The lowest BCUT2D eigenvalue weighted by Crippen LogP contribution is -2.37. The second kappa shape index (κ2) is 5.63. The molecule has 0 spiro atoms. The number of rotatable bonds is 4. The van der Waals surface area contributed by atoms with E-state index in [-0.39, 0.29) is 5.91 Å². The number of carbonyl (C=O) groups is 1. The molecule has 1 rings (SSSR count). The zero-order valence-corrected chi connectivity index (χ0v) is 9.33. The number of nitrogens with one attached hydrogen (secondary N) is 1. The fourth-order valence-corrected chi connectivity index (χ4v) is 1.16. The number of ether oxygens (including phenoxy) is 1. The summed E-state index contributed by atoms with van der Waals surface area (Å²) in [5.41, 5.74) is 6.20. The van der Waals surface area contributed by atoms with Gasteiger partial charge in [0.2, 0.25) is 5.91 Å². The quantitative estimate of drug-likeness (QED) is 0.668. The normalized spacial score (nSPS) is 11.9. The second-order valence-corrected chi connectivity index (χ2v) is 3.37. The number of thiol groups is 1.